The maximum absolute atomic E-state index is 12.2. The van der Waals surface area contributed by atoms with Gasteiger partial charge >= 0.3 is 5.97 Å². The number of amides is 1. The van der Waals surface area contributed by atoms with E-state index in [9.17, 15) is 9.59 Å². The molecule has 2 aromatic rings. The van der Waals surface area contributed by atoms with Crippen molar-refractivity contribution in [2.24, 2.45) is 5.92 Å². The second-order valence-corrected chi connectivity index (χ2v) is 9.48. The van der Waals surface area contributed by atoms with E-state index >= 15 is 0 Å². The number of nitrogens with one attached hydrogen (secondary N) is 1. The number of rotatable bonds is 6. The number of nitrogens with zero attached hydrogens (tertiary/aromatic N) is 2. The molecule has 28 heavy (non-hydrogen) atoms. The Morgan fingerprint density at radius 1 is 1.32 bits per heavy atom. The highest BCUT2D eigenvalue weighted by Crippen LogP contribution is 2.24. The van der Waals surface area contributed by atoms with E-state index < -0.39 is 5.97 Å². The standard InChI is InChI=1S/C19H23N3O3S3/c1-12-5-3-4-6-15(12)20-16(23)11-25-17(24)13-7-9-14(10-8-13)22-19(26)28-18(21-22)27-2/h7-10,12,15H,3-6,11H2,1-2H3,(H,20,23)/t12-,15-/m1/s1. The van der Waals surface area contributed by atoms with Crippen LogP contribution in [0.15, 0.2) is 28.6 Å². The summed E-state index contributed by atoms with van der Waals surface area (Å²) < 4.78 is 8.36. The molecule has 1 amide bonds. The first kappa shape index (κ1) is 21.0. The summed E-state index contributed by atoms with van der Waals surface area (Å²) in [5.41, 5.74) is 1.16. The van der Waals surface area contributed by atoms with Gasteiger partial charge in [-0.2, -0.15) is 0 Å². The maximum atomic E-state index is 12.2. The van der Waals surface area contributed by atoms with Crippen LogP contribution in [0.5, 0.6) is 0 Å². The molecule has 1 aliphatic carbocycles. The number of hydrogen-bond acceptors (Lipinski definition) is 7. The Morgan fingerprint density at radius 3 is 2.68 bits per heavy atom. The molecule has 0 unspecified atom stereocenters. The Kier molecular flexibility index (Phi) is 7.25. The second kappa shape index (κ2) is 9.67. The molecule has 0 radical (unpaired) electrons. The van der Waals surface area contributed by atoms with Crippen LogP contribution in [-0.2, 0) is 9.53 Å². The van der Waals surface area contributed by atoms with E-state index in [-0.39, 0.29) is 18.6 Å². The van der Waals surface area contributed by atoms with Gasteiger partial charge < -0.3 is 10.1 Å². The molecule has 6 nitrogen and oxygen atoms in total. The number of carbonyl (C=O) groups excluding carboxylic acids is 2. The maximum Gasteiger partial charge on any atom is 0.338 e. The summed E-state index contributed by atoms with van der Waals surface area (Å²) in [5, 5.41) is 7.40. The Morgan fingerprint density at radius 2 is 2.04 bits per heavy atom. The summed E-state index contributed by atoms with van der Waals surface area (Å²) in [7, 11) is 0. The van der Waals surface area contributed by atoms with E-state index in [2.05, 4.69) is 17.3 Å². The Labute approximate surface area is 177 Å². The number of carbonyl (C=O) groups is 2. The van der Waals surface area contributed by atoms with Gasteiger partial charge in [-0.3, -0.25) is 4.79 Å². The minimum atomic E-state index is -0.523. The number of benzene rings is 1. The van der Waals surface area contributed by atoms with Crippen molar-refractivity contribution >= 4 is 47.2 Å². The van der Waals surface area contributed by atoms with E-state index in [0.29, 0.717) is 15.4 Å². The van der Waals surface area contributed by atoms with Gasteiger partial charge in [0.05, 0.1) is 11.3 Å². The molecule has 1 aromatic carbocycles. The van der Waals surface area contributed by atoms with Crippen molar-refractivity contribution < 1.29 is 14.3 Å². The first-order valence-corrected chi connectivity index (χ1v) is 11.6. The zero-order valence-corrected chi connectivity index (χ0v) is 18.3. The normalized spacial score (nSPS) is 19.2. The van der Waals surface area contributed by atoms with Crippen molar-refractivity contribution in [1.29, 1.82) is 0 Å². The monoisotopic (exact) mass is 437 g/mol. The van der Waals surface area contributed by atoms with Crippen molar-refractivity contribution in [3.05, 3.63) is 33.8 Å². The summed E-state index contributed by atoms with van der Waals surface area (Å²) in [6.45, 7) is 1.88. The highest BCUT2D eigenvalue weighted by atomic mass is 32.2. The quantitative estimate of drug-likeness (QED) is 0.414. The van der Waals surface area contributed by atoms with Crippen molar-refractivity contribution in [2.45, 2.75) is 43.0 Å². The third kappa shape index (κ3) is 5.21. The average Bonchev–Trinajstić information content (AvgIpc) is 3.09. The SMILES string of the molecule is CSc1nn(-c2ccc(C(=O)OCC(=O)N[C@@H]3CCCC[C@H]3C)cc2)c(=S)s1. The molecule has 0 aliphatic heterocycles. The zero-order valence-electron chi connectivity index (χ0n) is 15.8. The summed E-state index contributed by atoms with van der Waals surface area (Å²) in [6.07, 6.45) is 6.40. The van der Waals surface area contributed by atoms with Crippen LogP contribution in [0.2, 0.25) is 0 Å². The summed E-state index contributed by atoms with van der Waals surface area (Å²) in [4.78, 5) is 24.3. The molecule has 2 atom stereocenters. The molecule has 150 valence electrons. The molecule has 1 saturated carbocycles. The fourth-order valence-corrected chi connectivity index (χ4v) is 5.02. The van der Waals surface area contributed by atoms with Crippen LogP contribution in [-0.4, -0.2) is 40.6 Å². The fraction of sp³-hybridized carbons (Fsp3) is 0.474. The largest absolute Gasteiger partial charge is 0.452 e. The molecule has 0 spiro atoms. The Bertz CT molecular complexity index is 892. The van der Waals surface area contributed by atoms with Gasteiger partial charge in [0, 0.05) is 6.04 Å². The van der Waals surface area contributed by atoms with E-state index in [0.717, 1.165) is 29.3 Å². The minimum absolute atomic E-state index is 0.174. The molecular weight excluding hydrogens is 414 g/mol. The molecule has 3 rings (SSSR count). The van der Waals surface area contributed by atoms with Crippen molar-refractivity contribution in [3.63, 3.8) is 0 Å². The van der Waals surface area contributed by atoms with Crippen molar-refractivity contribution in [2.75, 3.05) is 12.9 Å². The van der Waals surface area contributed by atoms with Gasteiger partial charge in [-0.05, 0) is 61.5 Å². The Balaban J connectivity index is 1.55. The number of esters is 1. The average molecular weight is 438 g/mol. The predicted molar refractivity (Wildman–Crippen MR) is 114 cm³/mol. The molecule has 0 saturated heterocycles. The molecule has 9 heteroatoms. The van der Waals surface area contributed by atoms with Gasteiger partial charge in [-0.25, -0.2) is 9.48 Å². The molecule has 0 bridgehead atoms. The second-order valence-electron chi connectivity index (χ2n) is 6.81. The molecule has 1 aromatic heterocycles. The highest BCUT2D eigenvalue weighted by molar-refractivity contribution is 8.00. The van der Waals surface area contributed by atoms with Crippen LogP contribution in [0.25, 0.3) is 5.69 Å². The summed E-state index contributed by atoms with van der Waals surface area (Å²) in [5.74, 6) is -0.308. The van der Waals surface area contributed by atoms with E-state index in [4.69, 9.17) is 17.0 Å². The highest BCUT2D eigenvalue weighted by Gasteiger charge is 2.23. The lowest BCUT2D eigenvalue weighted by Gasteiger charge is -2.29. The van der Waals surface area contributed by atoms with Gasteiger partial charge in [0.15, 0.2) is 14.9 Å². The topological polar surface area (TPSA) is 73.2 Å². The Hall–Kier alpha value is -1.71. The fourth-order valence-electron chi connectivity index (χ4n) is 3.24. The third-order valence-electron chi connectivity index (χ3n) is 4.84. The first-order chi connectivity index (χ1) is 13.5. The number of ether oxygens (including phenoxy) is 1. The number of thioether (sulfide) groups is 1. The van der Waals surface area contributed by atoms with Gasteiger partial charge in [-0.1, -0.05) is 42.9 Å². The molecular formula is C19H23N3O3S3. The van der Waals surface area contributed by atoms with E-state index in [1.807, 2.05) is 6.26 Å². The van der Waals surface area contributed by atoms with Crippen LogP contribution in [0.1, 0.15) is 43.0 Å². The molecule has 1 N–H and O–H groups in total. The van der Waals surface area contributed by atoms with Gasteiger partial charge in [0.25, 0.3) is 5.91 Å². The van der Waals surface area contributed by atoms with Gasteiger partial charge in [0.1, 0.15) is 0 Å². The van der Waals surface area contributed by atoms with Crippen molar-refractivity contribution in [1.82, 2.24) is 15.1 Å². The lowest BCUT2D eigenvalue weighted by atomic mass is 9.86. The summed E-state index contributed by atoms with van der Waals surface area (Å²) in [6, 6.07) is 7.00. The molecule has 1 fully saturated rings. The van der Waals surface area contributed by atoms with Gasteiger partial charge in [0.2, 0.25) is 0 Å². The zero-order chi connectivity index (χ0) is 20.1. The predicted octanol–water partition coefficient (Wildman–Crippen LogP) is 4.24. The lowest BCUT2D eigenvalue weighted by Crippen LogP contribution is -2.42. The van der Waals surface area contributed by atoms with Crippen LogP contribution >= 0.6 is 35.3 Å². The van der Waals surface area contributed by atoms with Crippen LogP contribution in [0.3, 0.4) is 0 Å². The van der Waals surface area contributed by atoms with Crippen LogP contribution < -0.4 is 5.32 Å². The third-order valence-corrected chi connectivity index (χ3v) is 7.05. The first-order valence-electron chi connectivity index (χ1n) is 9.19. The van der Waals surface area contributed by atoms with E-state index in [1.54, 1.807) is 28.9 Å². The minimum Gasteiger partial charge on any atom is -0.452 e. The number of hydrogen-bond donors (Lipinski definition) is 1. The summed E-state index contributed by atoms with van der Waals surface area (Å²) >= 11 is 8.30. The van der Waals surface area contributed by atoms with Crippen LogP contribution in [0, 0.1) is 9.87 Å². The van der Waals surface area contributed by atoms with Crippen molar-refractivity contribution in [3.8, 4) is 5.69 Å². The molecule has 1 heterocycles. The number of aromatic nitrogens is 2. The molecule has 1 aliphatic rings. The van der Waals surface area contributed by atoms with E-state index in [1.165, 1.54) is 29.5 Å². The lowest BCUT2D eigenvalue weighted by molar-refractivity contribution is -0.125. The van der Waals surface area contributed by atoms with Crippen LogP contribution in [0.4, 0.5) is 0 Å². The smallest absolute Gasteiger partial charge is 0.338 e. The van der Waals surface area contributed by atoms with Gasteiger partial charge in [-0.15, -0.1) is 5.10 Å².